The number of methoxy groups -OCH3 is 1. The van der Waals surface area contributed by atoms with Crippen LogP contribution in [0.5, 0.6) is 5.75 Å². The number of aryl methyl sites for hydroxylation is 2. The van der Waals surface area contributed by atoms with E-state index < -0.39 is 0 Å². The SMILES string of the molecule is COc1ccc(C)cc1NC(=O)CCN1CCN(c2cccc(C)c2C)CC1. The number of piperazine rings is 1. The summed E-state index contributed by atoms with van der Waals surface area (Å²) in [6.07, 6.45) is 0.487. The number of carbonyl (C=O) groups excluding carboxylic acids is 1. The third-order valence-corrected chi connectivity index (χ3v) is 5.57. The van der Waals surface area contributed by atoms with Crippen molar-refractivity contribution in [3.8, 4) is 5.75 Å². The van der Waals surface area contributed by atoms with Crippen molar-refractivity contribution in [3.63, 3.8) is 0 Å². The van der Waals surface area contributed by atoms with Crippen molar-refractivity contribution in [3.05, 3.63) is 53.1 Å². The molecule has 0 radical (unpaired) electrons. The first kappa shape index (κ1) is 20.2. The first-order valence-corrected chi connectivity index (χ1v) is 9.96. The van der Waals surface area contributed by atoms with E-state index in [-0.39, 0.29) is 5.91 Å². The highest BCUT2D eigenvalue weighted by atomic mass is 16.5. The Hall–Kier alpha value is -2.53. The van der Waals surface area contributed by atoms with Gasteiger partial charge in [0.15, 0.2) is 0 Å². The fourth-order valence-corrected chi connectivity index (χ4v) is 3.68. The van der Waals surface area contributed by atoms with E-state index in [1.165, 1.54) is 16.8 Å². The molecule has 0 bridgehead atoms. The van der Waals surface area contributed by atoms with Gasteiger partial charge in [0.05, 0.1) is 12.8 Å². The molecule has 1 aliphatic rings. The summed E-state index contributed by atoms with van der Waals surface area (Å²) in [4.78, 5) is 17.2. The van der Waals surface area contributed by atoms with E-state index >= 15 is 0 Å². The van der Waals surface area contributed by atoms with Crippen LogP contribution in [-0.2, 0) is 4.79 Å². The molecule has 0 aliphatic carbocycles. The second-order valence-corrected chi connectivity index (χ2v) is 7.55. The van der Waals surface area contributed by atoms with E-state index in [0.29, 0.717) is 12.2 Å². The van der Waals surface area contributed by atoms with Gasteiger partial charge in [-0.1, -0.05) is 18.2 Å². The third kappa shape index (κ3) is 4.84. The number of carbonyl (C=O) groups is 1. The van der Waals surface area contributed by atoms with Gasteiger partial charge in [0, 0.05) is 44.8 Å². The van der Waals surface area contributed by atoms with Gasteiger partial charge in [0.1, 0.15) is 5.75 Å². The minimum Gasteiger partial charge on any atom is -0.495 e. The molecule has 0 saturated carbocycles. The molecule has 5 heteroatoms. The smallest absolute Gasteiger partial charge is 0.225 e. The summed E-state index contributed by atoms with van der Waals surface area (Å²) < 4.78 is 5.34. The normalized spacial score (nSPS) is 14.8. The number of nitrogens with zero attached hydrogens (tertiary/aromatic N) is 2. The largest absolute Gasteiger partial charge is 0.495 e. The first-order chi connectivity index (χ1) is 13.5. The molecule has 1 saturated heterocycles. The lowest BCUT2D eigenvalue weighted by atomic mass is 10.1. The standard InChI is InChI=1S/C23H31N3O2/c1-17-8-9-22(28-4)20(16-17)24-23(27)10-11-25-12-14-26(15-13-25)21-7-5-6-18(2)19(21)3/h5-9,16H,10-15H2,1-4H3,(H,24,27). The van der Waals surface area contributed by atoms with Crippen molar-refractivity contribution < 1.29 is 9.53 Å². The average molecular weight is 382 g/mol. The molecule has 0 unspecified atom stereocenters. The van der Waals surface area contributed by atoms with Crippen molar-refractivity contribution in [2.45, 2.75) is 27.2 Å². The molecule has 1 amide bonds. The monoisotopic (exact) mass is 381 g/mol. The highest BCUT2D eigenvalue weighted by Crippen LogP contribution is 2.26. The fraction of sp³-hybridized carbons (Fsp3) is 0.435. The number of benzene rings is 2. The van der Waals surface area contributed by atoms with Crippen molar-refractivity contribution in [1.82, 2.24) is 4.90 Å². The number of anilines is 2. The maximum absolute atomic E-state index is 12.4. The molecule has 5 nitrogen and oxygen atoms in total. The molecule has 1 heterocycles. The van der Waals surface area contributed by atoms with Crippen LogP contribution in [0.4, 0.5) is 11.4 Å². The fourth-order valence-electron chi connectivity index (χ4n) is 3.68. The van der Waals surface area contributed by atoms with Gasteiger partial charge in [0.25, 0.3) is 0 Å². The Kier molecular flexibility index (Phi) is 6.57. The second kappa shape index (κ2) is 9.11. The molecular formula is C23H31N3O2. The van der Waals surface area contributed by atoms with Crippen LogP contribution >= 0.6 is 0 Å². The van der Waals surface area contributed by atoms with Crippen molar-refractivity contribution >= 4 is 17.3 Å². The highest BCUT2D eigenvalue weighted by molar-refractivity contribution is 5.92. The molecule has 2 aromatic rings. The Morgan fingerprint density at radius 3 is 2.54 bits per heavy atom. The van der Waals surface area contributed by atoms with Gasteiger partial charge < -0.3 is 15.0 Å². The van der Waals surface area contributed by atoms with Crippen LogP contribution < -0.4 is 15.0 Å². The number of nitrogens with one attached hydrogen (secondary N) is 1. The molecule has 28 heavy (non-hydrogen) atoms. The van der Waals surface area contributed by atoms with E-state index in [4.69, 9.17) is 4.74 Å². The molecule has 1 aliphatic heterocycles. The third-order valence-electron chi connectivity index (χ3n) is 5.57. The number of amides is 1. The summed E-state index contributed by atoms with van der Waals surface area (Å²) in [5.74, 6) is 0.724. The Bertz CT molecular complexity index is 827. The van der Waals surface area contributed by atoms with Crippen molar-refractivity contribution in [2.24, 2.45) is 0 Å². The molecule has 2 aromatic carbocycles. The number of hydrogen-bond donors (Lipinski definition) is 1. The number of ether oxygens (including phenoxy) is 1. The zero-order valence-electron chi connectivity index (χ0n) is 17.4. The Morgan fingerprint density at radius 2 is 1.82 bits per heavy atom. The Balaban J connectivity index is 1.48. The molecule has 1 N–H and O–H groups in total. The minimum atomic E-state index is 0.0286. The van der Waals surface area contributed by atoms with Crippen LogP contribution in [-0.4, -0.2) is 50.6 Å². The van der Waals surface area contributed by atoms with Gasteiger partial charge in [-0.2, -0.15) is 0 Å². The highest BCUT2D eigenvalue weighted by Gasteiger charge is 2.19. The Labute approximate surface area is 168 Å². The molecule has 150 valence electrons. The second-order valence-electron chi connectivity index (χ2n) is 7.55. The van der Waals surface area contributed by atoms with Crippen LogP contribution in [0.15, 0.2) is 36.4 Å². The summed E-state index contributed by atoms with van der Waals surface area (Å²) in [7, 11) is 1.62. The van der Waals surface area contributed by atoms with Crippen LogP contribution in [0.2, 0.25) is 0 Å². The lowest BCUT2D eigenvalue weighted by Gasteiger charge is -2.37. The van der Waals surface area contributed by atoms with Gasteiger partial charge in [-0.05, 0) is 55.7 Å². The molecule has 3 rings (SSSR count). The topological polar surface area (TPSA) is 44.8 Å². The maximum atomic E-state index is 12.4. The van der Waals surface area contributed by atoms with Gasteiger partial charge in [-0.15, -0.1) is 0 Å². The zero-order chi connectivity index (χ0) is 20.1. The summed E-state index contributed by atoms with van der Waals surface area (Å²) in [6.45, 7) is 11.1. The number of rotatable bonds is 6. The summed E-state index contributed by atoms with van der Waals surface area (Å²) >= 11 is 0. The van der Waals surface area contributed by atoms with E-state index in [1.807, 2.05) is 25.1 Å². The predicted octanol–water partition coefficient (Wildman–Crippen LogP) is 3.77. The maximum Gasteiger partial charge on any atom is 0.225 e. The van der Waals surface area contributed by atoms with Crippen LogP contribution in [0.1, 0.15) is 23.1 Å². The van der Waals surface area contributed by atoms with Crippen molar-refractivity contribution in [2.75, 3.05) is 50.1 Å². The molecule has 1 fully saturated rings. The van der Waals surface area contributed by atoms with E-state index in [1.54, 1.807) is 7.11 Å². The molecule has 0 spiro atoms. The van der Waals surface area contributed by atoms with Crippen LogP contribution in [0.25, 0.3) is 0 Å². The molecule has 0 aromatic heterocycles. The molecule has 0 atom stereocenters. The van der Waals surface area contributed by atoms with Gasteiger partial charge in [-0.3, -0.25) is 9.69 Å². The first-order valence-electron chi connectivity index (χ1n) is 9.96. The van der Waals surface area contributed by atoms with E-state index in [0.717, 1.165) is 44.0 Å². The summed E-state index contributed by atoms with van der Waals surface area (Å²) in [6, 6.07) is 12.3. The number of hydrogen-bond acceptors (Lipinski definition) is 4. The van der Waals surface area contributed by atoms with Crippen molar-refractivity contribution in [1.29, 1.82) is 0 Å². The van der Waals surface area contributed by atoms with E-state index in [2.05, 4.69) is 47.2 Å². The predicted molar refractivity (Wildman–Crippen MR) is 116 cm³/mol. The lowest BCUT2D eigenvalue weighted by Crippen LogP contribution is -2.47. The summed E-state index contributed by atoms with van der Waals surface area (Å²) in [5, 5.41) is 2.99. The van der Waals surface area contributed by atoms with Gasteiger partial charge in [0.2, 0.25) is 5.91 Å². The summed E-state index contributed by atoms with van der Waals surface area (Å²) in [5.41, 5.74) is 5.88. The van der Waals surface area contributed by atoms with E-state index in [9.17, 15) is 4.79 Å². The zero-order valence-corrected chi connectivity index (χ0v) is 17.4. The molecular weight excluding hydrogens is 350 g/mol. The quantitative estimate of drug-likeness (QED) is 0.827. The van der Waals surface area contributed by atoms with Gasteiger partial charge >= 0.3 is 0 Å². The Morgan fingerprint density at radius 1 is 1.07 bits per heavy atom. The van der Waals surface area contributed by atoms with Crippen LogP contribution in [0, 0.1) is 20.8 Å². The lowest BCUT2D eigenvalue weighted by molar-refractivity contribution is -0.116. The average Bonchev–Trinajstić information content (AvgIpc) is 2.69. The van der Waals surface area contributed by atoms with Gasteiger partial charge in [-0.25, -0.2) is 0 Å². The van der Waals surface area contributed by atoms with Crippen LogP contribution in [0.3, 0.4) is 0 Å². The minimum absolute atomic E-state index is 0.0286.